The van der Waals surface area contributed by atoms with Crippen molar-refractivity contribution in [2.75, 3.05) is 10.6 Å². The number of aromatic nitrogens is 3. The molecule has 8 nitrogen and oxygen atoms in total. The number of nitrogens with one attached hydrogen (secondary N) is 3. The lowest BCUT2D eigenvalue weighted by atomic mass is 10.1. The van der Waals surface area contributed by atoms with E-state index in [1.165, 1.54) is 0 Å². The van der Waals surface area contributed by atoms with E-state index in [-0.39, 0.29) is 17.5 Å². The monoisotopic (exact) mass is 499 g/mol. The van der Waals surface area contributed by atoms with Crippen molar-refractivity contribution in [1.82, 2.24) is 15.0 Å². The summed E-state index contributed by atoms with van der Waals surface area (Å²) in [6, 6.07) is 31.2. The van der Waals surface area contributed by atoms with Crippen LogP contribution >= 0.6 is 0 Å². The minimum Gasteiger partial charge on any atom is -0.457 e. The highest BCUT2D eigenvalue weighted by Gasteiger charge is 2.16. The number of imidazole rings is 1. The van der Waals surface area contributed by atoms with Gasteiger partial charge in [0.25, 0.3) is 11.8 Å². The van der Waals surface area contributed by atoms with Gasteiger partial charge in [-0.15, -0.1) is 0 Å². The Labute approximate surface area is 217 Å². The number of ether oxygens (including phenoxy) is 1. The standard InChI is InChI=1S/C30H21N5O3/c36-28(32-21-13-15-23(16-14-21)38-22-9-2-1-3-10-22)24-11-6-12-25-27(24)34-30(33-25)35-29(37)26-17-19-7-4-5-8-20(19)18-31-26/h1-18H,(H,32,36)(H2,33,34,35,37). The summed E-state index contributed by atoms with van der Waals surface area (Å²) in [7, 11) is 0. The number of hydrogen-bond donors (Lipinski definition) is 3. The maximum Gasteiger partial charge on any atom is 0.276 e. The summed E-state index contributed by atoms with van der Waals surface area (Å²) in [5, 5.41) is 7.49. The Morgan fingerprint density at radius 2 is 1.45 bits per heavy atom. The highest BCUT2D eigenvalue weighted by atomic mass is 16.5. The van der Waals surface area contributed by atoms with Crippen LogP contribution < -0.4 is 15.4 Å². The summed E-state index contributed by atoms with van der Waals surface area (Å²) in [5.41, 5.74) is 2.33. The number of para-hydroxylation sites is 2. The molecule has 0 spiro atoms. The molecule has 2 aromatic heterocycles. The molecule has 0 aliphatic carbocycles. The first kappa shape index (κ1) is 22.9. The third kappa shape index (κ3) is 4.78. The molecule has 0 bridgehead atoms. The number of nitrogens with zero attached hydrogens (tertiary/aromatic N) is 2. The van der Waals surface area contributed by atoms with Crippen LogP contribution in [-0.2, 0) is 0 Å². The molecule has 2 amide bonds. The first-order chi connectivity index (χ1) is 18.6. The van der Waals surface area contributed by atoms with Gasteiger partial charge in [0.15, 0.2) is 0 Å². The number of amides is 2. The second kappa shape index (κ2) is 9.87. The molecule has 0 atom stereocenters. The molecular formula is C30H21N5O3. The lowest BCUT2D eigenvalue weighted by molar-refractivity contribution is 0.101. The van der Waals surface area contributed by atoms with Gasteiger partial charge < -0.3 is 15.0 Å². The third-order valence-electron chi connectivity index (χ3n) is 5.95. The summed E-state index contributed by atoms with van der Waals surface area (Å²) in [4.78, 5) is 37.6. The molecule has 0 fully saturated rings. The van der Waals surface area contributed by atoms with Crippen LogP contribution in [0.15, 0.2) is 109 Å². The quantitative estimate of drug-likeness (QED) is 0.245. The molecule has 0 unspecified atom stereocenters. The molecule has 184 valence electrons. The van der Waals surface area contributed by atoms with Crippen molar-refractivity contribution in [1.29, 1.82) is 0 Å². The van der Waals surface area contributed by atoms with Crippen LogP contribution in [0.3, 0.4) is 0 Å². The van der Waals surface area contributed by atoms with Crippen molar-refractivity contribution < 1.29 is 14.3 Å². The van der Waals surface area contributed by atoms with Crippen molar-refractivity contribution in [2.24, 2.45) is 0 Å². The molecule has 2 heterocycles. The minimum absolute atomic E-state index is 0.225. The highest BCUT2D eigenvalue weighted by Crippen LogP contribution is 2.24. The Balaban J connectivity index is 1.18. The van der Waals surface area contributed by atoms with E-state index < -0.39 is 5.91 Å². The Morgan fingerprint density at radius 3 is 2.26 bits per heavy atom. The predicted molar refractivity (Wildman–Crippen MR) is 147 cm³/mol. The Kier molecular flexibility index (Phi) is 5.95. The van der Waals surface area contributed by atoms with Crippen LogP contribution in [0.25, 0.3) is 21.8 Å². The van der Waals surface area contributed by atoms with Gasteiger partial charge in [-0.2, -0.15) is 0 Å². The van der Waals surface area contributed by atoms with Crippen LogP contribution in [0.5, 0.6) is 11.5 Å². The van der Waals surface area contributed by atoms with Crippen molar-refractivity contribution in [3.8, 4) is 11.5 Å². The largest absolute Gasteiger partial charge is 0.457 e. The maximum absolute atomic E-state index is 13.1. The van der Waals surface area contributed by atoms with Crippen molar-refractivity contribution in [3.05, 3.63) is 121 Å². The van der Waals surface area contributed by atoms with Gasteiger partial charge in [-0.1, -0.05) is 48.5 Å². The number of benzene rings is 4. The number of carbonyl (C=O) groups is 2. The highest BCUT2D eigenvalue weighted by molar-refractivity contribution is 6.12. The van der Waals surface area contributed by atoms with Crippen LogP contribution in [-0.4, -0.2) is 26.8 Å². The number of aromatic amines is 1. The van der Waals surface area contributed by atoms with E-state index in [0.717, 1.165) is 16.5 Å². The zero-order chi connectivity index (χ0) is 25.9. The van der Waals surface area contributed by atoms with Crippen molar-refractivity contribution >= 4 is 45.3 Å². The summed E-state index contributed by atoms with van der Waals surface area (Å²) in [5.74, 6) is 0.895. The Hall–Kier alpha value is -5.50. The maximum atomic E-state index is 13.1. The normalized spacial score (nSPS) is 10.8. The van der Waals surface area contributed by atoms with Gasteiger partial charge >= 0.3 is 0 Å². The molecule has 38 heavy (non-hydrogen) atoms. The van der Waals surface area contributed by atoms with Crippen LogP contribution in [0, 0.1) is 0 Å². The predicted octanol–water partition coefficient (Wildman–Crippen LogP) is 6.41. The summed E-state index contributed by atoms with van der Waals surface area (Å²) in [6.45, 7) is 0. The van der Waals surface area contributed by atoms with Gasteiger partial charge in [0.1, 0.15) is 17.2 Å². The van der Waals surface area contributed by atoms with Crippen LogP contribution in [0.1, 0.15) is 20.8 Å². The molecule has 6 rings (SSSR count). The van der Waals surface area contributed by atoms with E-state index in [9.17, 15) is 9.59 Å². The molecule has 0 saturated carbocycles. The molecule has 4 aromatic carbocycles. The second-order valence-corrected chi connectivity index (χ2v) is 8.55. The zero-order valence-electron chi connectivity index (χ0n) is 20.0. The molecule has 3 N–H and O–H groups in total. The van der Waals surface area contributed by atoms with Crippen molar-refractivity contribution in [3.63, 3.8) is 0 Å². The number of anilines is 2. The van der Waals surface area contributed by atoms with E-state index in [4.69, 9.17) is 4.74 Å². The van der Waals surface area contributed by atoms with Gasteiger partial charge in [0, 0.05) is 17.3 Å². The molecule has 6 aromatic rings. The van der Waals surface area contributed by atoms with E-state index in [0.29, 0.717) is 28.0 Å². The smallest absolute Gasteiger partial charge is 0.276 e. The van der Waals surface area contributed by atoms with E-state index in [2.05, 4.69) is 25.6 Å². The Morgan fingerprint density at radius 1 is 0.711 bits per heavy atom. The van der Waals surface area contributed by atoms with E-state index in [1.807, 2.05) is 54.6 Å². The molecule has 0 saturated heterocycles. The fourth-order valence-corrected chi connectivity index (χ4v) is 4.09. The van der Waals surface area contributed by atoms with Gasteiger partial charge in [0.05, 0.1) is 16.6 Å². The number of carbonyl (C=O) groups excluding carboxylic acids is 2. The first-order valence-corrected chi connectivity index (χ1v) is 11.9. The third-order valence-corrected chi connectivity index (χ3v) is 5.95. The molecule has 8 heteroatoms. The van der Waals surface area contributed by atoms with Crippen molar-refractivity contribution in [2.45, 2.75) is 0 Å². The minimum atomic E-state index is -0.404. The van der Waals surface area contributed by atoms with Gasteiger partial charge in [-0.25, -0.2) is 4.98 Å². The van der Waals surface area contributed by atoms with Gasteiger partial charge in [0.2, 0.25) is 5.95 Å². The Bertz CT molecular complexity index is 1780. The summed E-state index contributed by atoms with van der Waals surface area (Å²) in [6.07, 6.45) is 1.66. The molecular weight excluding hydrogens is 478 g/mol. The van der Waals surface area contributed by atoms with Crippen LogP contribution in [0.4, 0.5) is 11.6 Å². The lowest BCUT2D eigenvalue weighted by Crippen LogP contribution is -2.14. The summed E-state index contributed by atoms with van der Waals surface area (Å²) >= 11 is 0. The fraction of sp³-hybridized carbons (Fsp3) is 0. The molecule has 0 aliphatic rings. The van der Waals surface area contributed by atoms with Gasteiger partial charge in [-0.05, 0) is 60.0 Å². The van der Waals surface area contributed by atoms with E-state index >= 15 is 0 Å². The number of pyridine rings is 1. The number of hydrogen-bond acceptors (Lipinski definition) is 5. The first-order valence-electron chi connectivity index (χ1n) is 11.9. The SMILES string of the molecule is O=C(Nc1nc2cccc(C(=O)Nc3ccc(Oc4ccccc4)cc3)c2[nH]1)c1cc2ccccc2cn1. The molecule has 0 radical (unpaired) electrons. The summed E-state index contributed by atoms with van der Waals surface area (Å²) < 4.78 is 5.80. The fourth-order valence-electron chi connectivity index (χ4n) is 4.09. The second-order valence-electron chi connectivity index (χ2n) is 8.55. The lowest BCUT2D eigenvalue weighted by Gasteiger charge is -2.08. The molecule has 0 aliphatic heterocycles. The number of fused-ring (bicyclic) bond motifs is 2. The topological polar surface area (TPSA) is 109 Å². The average Bonchev–Trinajstić information content (AvgIpc) is 3.37. The van der Waals surface area contributed by atoms with Crippen LogP contribution in [0.2, 0.25) is 0 Å². The van der Waals surface area contributed by atoms with Gasteiger partial charge in [-0.3, -0.25) is 19.9 Å². The average molecular weight is 500 g/mol. The zero-order valence-corrected chi connectivity index (χ0v) is 20.0. The number of rotatable bonds is 6. The van der Waals surface area contributed by atoms with E-state index in [1.54, 1.807) is 54.7 Å². The number of H-pyrrole nitrogens is 1.